The van der Waals surface area contributed by atoms with Crippen LogP contribution in [0.25, 0.3) is 0 Å². The fourth-order valence-electron chi connectivity index (χ4n) is 3.53. The Morgan fingerprint density at radius 2 is 1.81 bits per heavy atom. The van der Waals surface area contributed by atoms with Crippen molar-refractivity contribution >= 4 is 25.6 Å². The lowest BCUT2D eigenvalue weighted by Crippen LogP contribution is -2.52. The van der Waals surface area contributed by atoms with Gasteiger partial charge in [-0.15, -0.1) is 0 Å². The van der Waals surface area contributed by atoms with Crippen LogP contribution in [0.1, 0.15) is 60.5 Å². The highest BCUT2D eigenvalue weighted by molar-refractivity contribution is 7.51. The standard InChI is InChI=1S/C26H41N2O8P/c1-18(2)21(24(31)33-16-14-19-11-9-8-10-12-19)28-37(32)34-17-26(6,7)22(36-37)23(30)27-15-13-20(29)35-25(3,4)5/h8-12,18,21-22H,13-17H2,1-7H3,(H,27,30)(H,28,32)/t21-,22-,37?/m0/s1. The van der Waals surface area contributed by atoms with E-state index >= 15 is 0 Å². The Hall–Kier alpha value is -2.26. The van der Waals surface area contributed by atoms with Crippen molar-refractivity contribution in [2.45, 2.75) is 79.1 Å². The van der Waals surface area contributed by atoms with Gasteiger partial charge in [0.25, 0.3) is 0 Å². The quantitative estimate of drug-likeness (QED) is 0.318. The Morgan fingerprint density at radius 3 is 2.41 bits per heavy atom. The molecule has 3 atom stereocenters. The zero-order valence-electron chi connectivity index (χ0n) is 22.9. The van der Waals surface area contributed by atoms with E-state index in [1.54, 1.807) is 48.5 Å². The van der Waals surface area contributed by atoms with Crippen LogP contribution in [-0.2, 0) is 43.9 Å². The smallest absolute Gasteiger partial charge is 0.407 e. The monoisotopic (exact) mass is 540 g/mol. The summed E-state index contributed by atoms with van der Waals surface area (Å²) in [6, 6.07) is 8.63. The van der Waals surface area contributed by atoms with E-state index in [9.17, 15) is 18.9 Å². The minimum atomic E-state index is -4.04. The van der Waals surface area contributed by atoms with Crippen LogP contribution in [0.15, 0.2) is 30.3 Å². The highest BCUT2D eigenvalue weighted by atomic mass is 31.2. The summed E-state index contributed by atoms with van der Waals surface area (Å²) >= 11 is 0. The molecule has 1 aromatic rings. The molecule has 1 unspecified atom stereocenters. The van der Waals surface area contributed by atoms with Crippen LogP contribution in [0.4, 0.5) is 0 Å². The van der Waals surface area contributed by atoms with Gasteiger partial charge in [0.2, 0.25) is 5.91 Å². The summed E-state index contributed by atoms with van der Waals surface area (Å²) in [5.74, 6) is -1.86. The minimum Gasteiger partial charge on any atom is -0.464 e. The van der Waals surface area contributed by atoms with E-state index < -0.39 is 48.8 Å². The first-order chi connectivity index (χ1) is 17.1. The van der Waals surface area contributed by atoms with Crippen molar-refractivity contribution in [1.82, 2.24) is 10.4 Å². The first kappa shape index (κ1) is 31.0. The number of hydrogen-bond donors (Lipinski definition) is 2. The summed E-state index contributed by atoms with van der Waals surface area (Å²) in [4.78, 5) is 37.6. The first-order valence-corrected chi connectivity index (χ1v) is 14.1. The van der Waals surface area contributed by atoms with Crippen molar-refractivity contribution in [3.8, 4) is 0 Å². The third kappa shape index (κ3) is 10.2. The van der Waals surface area contributed by atoms with Gasteiger partial charge in [0.1, 0.15) is 11.6 Å². The highest BCUT2D eigenvalue weighted by Gasteiger charge is 2.49. The Morgan fingerprint density at radius 1 is 1.16 bits per heavy atom. The molecule has 1 aliphatic rings. The maximum Gasteiger partial charge on any atom is 0.407 e. The lowest BCUT2D eigenvalue weighted by molar-refractivity contribution is -0.154. The van der Waals surface area contributed by atoms with Crippen LogP contribution in [0.5, 0.6) is 0 Å². The fraction of sp³-hybridized carbons (Fsp3) is 0.654. The molecule has 1 aromatic carbocycles. The molecule has 1 fully saturated rings. The normalized spacial score (nSPS) is 22.2. The average Bonchev–Trinajstić information content (AvgIpc) is 2.78. The summed E-state index contributed by atoms with van der Waals surface area (Å²) in [5.41, 5.74) is -0.408. The number of amides is 1. The van der Waals surface area contributed by atoms with Crippen LogP contribution in [0.2, 0.25) is 0 Å². The van der Waals surface area contributed by atoms with Crippen molar-refractivity contribution in [3.05, 3.63) is 35.9 Å². The molecular formula is C26H41N2O8P. The van der Waals surface area contributed by atoms with Gasteiger partial charge in [-0.05, 0) is 32.3 Å². The second kappa shape index (κ2) is 13.0. The summed E-state index contributed by atoms with van der Waals surface area (Å²) in [6.45, 7) is 12.5. The summed E-state index contributed by atoms with van der Waals surface area (Å²) in [6.07, 6.45) is -0.616. The molecule has 208 valence electrons. The summed E-state index contributed by atoms with van der Waals surface area (Å²) in [5, 5.41) is 5.33. The van der Waals surface area contributed by atoms with Gasteiger partial charge in [0.05, 0.1) is 19.6 Å². The molecule has 1 heterocycles. The molecule has 0 bridgehead atoms. The lowest BCUT2D eigenvalue weighted by atomic mass is 9.87. The number of ether oxygens (including phenoxy) is 2. The molecule has 1 amide bonds. The predicted octanol–water partition coefficient (Wildman–Crippen LogP) is 3.78. The van der Waals surface area contributed by atoms with Crippen LogP contribution in [0, 0.1) is 11.3 Å². The first-order valence-electron chi connectivity index (χ1n) is 12.5. The second-order valence-corrected chi connectivity index (χ2v) is 12.8. The zero-order valence-corrected chi connectivity index (χ0v) is 23.8. The van der Waals surface area contributed by atoms with Gasteiger partial charge >= 0.3 is 19.7 Å². The zero-order chi connectivity index (χ0) is 27.9. The third-order valence-electron chi connectivity index (χ3n) is 5.54. The third-order valence-corrected chi connectivity index (χ3v) is 7.09. The van der Waals surface area contributed by atoms with Gasteiger partial charge in [-0.1, -0.05) is 58.0 Å². The maximum atomic E-state index is 13.5. The summed E-state index contributed by atoms with van der Waals surface area (Å²) in [7, 11) is -4.04. The van der Waals surface area contributed by atoms with E-state index in [-0.39, 0.29) is 32.1 Å². The number of benzene rings is 1. The molecule has 0 radical (unpaired) electrons. The van der Waals surface area contributed by atoms with Crippen LogP contribution in [0.3, 0.4) is 0 Å². The fourth-order valence-corrected chi connectivity index (χ4v) is 5.63. The van der Waals surface area contributed by atoms with E-state index in [1.165, 1.54) is 0 Å². The molecule has 37 heavy (non-hydrogen) atoms. The van der Waals surface area contributed by atoms with E-state index in [0.29, 0.717) is 6.42 Å². The maximum absolute atomic E-state index is 13.5. The van der Waals surface area contributed by atoms with Crippen LogP contribution >= 0.6 is 7.75 Å². The van der Waals surface area contributed by atoms with E-state index in [0.717, 1.165) is 5.56 Å². The Kier molecular flexibility index (Phi) is 10.9. The number of hydrogen-bond acceptors (Lipinski definition) is 8. The number of carbonyl (C=O) groups is 3. The van der Waals surface area contributed by atoms with Crippen molar-refractivity contribution in [2.24, 2.45) is 11.3 Å². The Bertz CT molecular complexity index is 975. The van der Waals surface area contributed by atoms with E-state index in [4.69, 9.17) is 18.5 Å². The van der Waals surface area contributed by atoms with E-state index in [2.05, 4.69) is 10.4 Å². The Labute approximate surface area is 219 Å². The number of carbonyl (C=O) groups excluding carboxylic acids is 3. The SMILES string of the molecule is CC(C)[C@H](NP1(=O)OCC(C)(C)[C@H](C(=O)NCCC(=O)OC(C)(C)C)O1)C(=O)OCCc1ccccc1. The van der Waals surface area contributed by atoms with Gasteiger partial charge in [-0.3, -0.25) is 23.4 Å². The van der Waals surface area contributed by atoms with Crippen molar-refractivity contribution in [2.75, 3.05) is 19.8 Å². The molecule has 0 spiro atoms. The van der Waals surface area contributed by atoms with Gasteiger partial charge in [0.15, 0.2) is 6.10 Å². The molecule has 10 nitrogen and oxygen atoms in total. The topological polar surface area (TPSA) is 129 Å². The predicted molar refractivity (Wildman–Crippen MR) is 139 cm³/mol. The van der Waals surface area contributed by atoms with Crippen molar-refractivity contribution < 1.29 is 37.5 Å². The molecule has 2 rings (SSSR count). The molecule has 11 heteroatoms. The molecule has 0 saturated carbocycles. The molecule has 1 aliphatic heterocycles. The number of rotatable bonds is 11. The highest BCUT2D eigenvalue weighted by Crippen LogP contribution is 2.53. The lowest BCUT2D eigenvalue weighted by Gasteiger charge is -2.41. The van der Waals surface area contributed by atoms with Gasteiger partial charge < -0.3 is 14.8 Å². The molecule has 2 N–H and O–H groups in total. The largest absolute Gasteiger partial charge is 0.464 e. The van der Waals surface area contributed by atoms with Gasteiger partial charge in [-0.2, -0.15) is 0 Å². The number of nitrogens with one attached hydrogen (secondary N) is 2. The van der Waals surface area contributed by atoms with Gasteiger partial charge in [0, 0.05) is 18.4 Å². The van der Waals surface area contributed by atoms with Crippen LogP contribution in [-0.4, -0.2) is 55.4 Å². The summed E-state index contributed by atoms with van der Waals surface area (Å²) < 4.78 is 35.3. The van der Waals surface area contributed by atoms with Crippen LogP contribution < -0.4 is 10.4 Å². The van der Waals surface area contributed by atoms with Crippen molar-refractivity contribution in [1.29, 1.82) is 0 Å². The minimum absolute atomic E-state index is 0.0210. The molecule has 0 aliphatic carbocycles. The van der Waals surface area contributed by atoms with Gasteiger partial charge in [-0.25, -0.2) is 9.65 Å². The van der Waals surface area contributed by atoms with Crippen molar-refractivity contribution in [3.63, 3.8) is 0 Å². The molecule has 1 saturated heterocycles. The van der Waals surface area contributed by atoms with E-state index in [1.807, 2.05) is 30.3 Å². The Balaban J connectivity index is 1.98. The average molecular weight is 541 g/mol. The molecule has 0 aromatic heterocycles. The second-order valence-electron chi connectivity index (χ2n) is 11.1. The number of esters is 2. The molecular weight excluding hydrogens is 499 g/mol.